The van der Waals surface area contributed by atoms with Crippen molar-refractivity contribution in [2.24, 2.45) is 0 Å². The first-order chi connectivity index (χ1) is 13.2. The minimum absolute atomic E-state index is 0.0929. The normalized spacial score (nSPS) is 10.3. The number of rotatable bonds is 8. The number of thioether (sulfide) groups is 1. The summed E-state index contributed by atoms with van der Waals surface area (Å²) in [5.41, 5.74) is 0.650. The fourth-order valence-electron chi connectivity index (χ4n) is 2.30. The monoisotopic (exact) mass is 380 g/mol. The first-order valence-corrected chi connectivity index (χ1v) is 9.63. The van der Waals surface area contributed by atoms with E-state index < -0.39 is 0 Å². The van der Waals surface area contributed by atoms with Crippen molar-refractivity contribution in [2.45, 2.75) is 4.90 Å². The summed E-state index contributed by atoms with van der Waals surface area (Å²) in [6.07, 6.45) is 5.19. The lowest BCUT2D eigenvalue weighted by molar-refractivity contribution is 0.0955. The van der Waals surface area contributed by atoms with Crippen LogP contribution in [0.5, 0.6) is 0 Å². The van der Waals surface area contributed by atoms with Crippen molar-refractivity contribution in [3.8, 4) is 0 Å². The number of carbonyl (C=O) groups excluding carboxylic acids is 1. The molecule has 2 aromatic heterocycles. The van der Waals surface area contributed by atoms with E-state index in [2.05, 4.69) is 30.9 Å². The molecule has 27 heavy (non-hydrogen) atoms. The number of hydrogen-bond donors (Lipinski definition) is 3. The van der Waals surface area contributed by atoms with Gasteiger partial charge in [0.15, 0.2) is 0 Å². The van der Waals surface area contributed by atoms with Crippen molar-refractivity contribution in [1.82, 2.24) is 20.3 Å². The Labute approximate surface area is 162 Å². The molecule has 2 heterocycles. The molecule has 0 aliphatic heterocycles. The van der Waals surface area contributed by atoms with Gasteiger partial charge >= 0.3 is 0 Å². The van der Waals surface area contributed by atoms with Gasteiger partial charge in [0.05, 0.1) is 0 Å². The number of carbonyl (C=O) groups is 1. The number of nitrogens with zero attached hydrogens (tertiary/aromatic N) is 3. The second kappa shape index (κ2) is 9.54. The van der Waals surface area contributed by atoms with E-state index in [0.717, 1.165) is 4.90 Å². The van der Waals surface area contributed by atoms with Crippen molar-refractivity contribution in [2.75, 3.05) is 30.0 Å². The first kappa shape index (κ1) is 18.7. The molecule has 3 aromatic rings. The molecule has 3 N–H and O–H groups in total. The van der Waals surface area contributed by atoms with E-state index in [1.807, 2.05) is 48.7 Å². The summed E-state index contributed by atoms with van der Waals surface area (Å²) >= 11 is 1.65. The summed E-state index contributed by atoms with van der Waals surface area (Å²) in [4.78, 5) is 25.8. The Morgan fingerprint density at radius 3 is 2.52 bits per heavy atom. The number of aromatic nitrogens is 3. The Kier molecular flexibility index (Phi) is 6.59. The van der Waals surface area contributed by atoms with E-state index in [1.54, 1.807) is 24.0 Å². The molecular weight excluding hydrogens is 360 g/mol. The van der Waals surface area contributed by atoms with Crippen LogP contribution in [-0.2, 0) is 0 Å². The molecule has 0 saturated carbocycles. The summed E-state index contributed by atoms with van der Waals surface area (Å²) < 4.78 is 0. The van der Waals surface area contributed by atoms with E-state index in [4.69, 9.17) is 0 Å². The molecule has 0 aliphatic carbocycles. The van der Waals surface area contributed by atoms with Gasteiger partial charge in [-0.3, -0.25) is 4.79 Å². The van der Waals surface area contributed by atoms with Crippen LogP contribution in [0.15, 0.2) is 66.0 Å². The van der Waals surface area contributed by atoms with E-state index in [-0.39, 0.29) is 5.91 Å². The molecular formula is C19H20N6OS. The van der Waals surface area contributed by atoms with Gasteiger partial charge in [-0.15, -0.1) is 11.8 Å². The number of anilines is 3. The highest BCUT2D eigenvalue weighted by Crippen LogP contribution is 2.15. The Morgan fingerprint density at radius 1 is 0.963 bits per heavy atom. The van der Waals surface area contributed by atoms with Crippen LogP contribution in [-0.4, -0.2) is 40.2 Å². The van der Waals surface area contributed by atoms with E-state index in [0.29, 0.717) is 36.1 Å². The number of amides is 1. The van der Waals surface area contributed by atoms with Crippen LogP contribution in [0.3, 0.4) is 0 Å². The lowest BCUT2D eigenvalue weighted by Crippen LogP contribution is -2.28. The molecule has 3 rings (SSSR count). The third kappa shape index (κ3) is 5.68. The molecule has 0 radical (unpaired) electrons. The summed E-state index contributed by atoms with van der Waals surface area (Å²) in [5.74, 6) is 1.93. The lowest BCUT2D eigenvalue weighted by atomic mass is 10.2. The summed E-state index contributed by atoms with van der Waals surface area (Å²) in [5, 5.41) is 9.16. The maximum absolute atomic E-state index is 12.1. The lowest BCUT2D eigenvalue weighted by Gasteiger charge is -2.09. The van der Waals surface area contributed by atoms with Crippen molar-refractivity contribution in [1.29, 1.82) is 0 Å². The molecule has 1 amide bonds. The van der Waals surface area contributed by atoms with Crippen molar-refractivity contribution < 1.29 is 4.79 Å². The van der Waals surface area contributed by atoms with Crippen LogP contribution in [0.4, 0.5) is 17.5 Å². The Hall–Kier alpha value is -3.13. The second-order valence-corrected chi connectivity index (χ2v) is 6.42. The zero-order chi connectivity index (χ0) is 18.9. The molecule has 0 saturated heterocycles. The molecule has 0 bridgehead atoms. The number of hydrogen-bond acceptors (Lipinski definition) is 7. The third-order valence-corrected chi connectivity index (χ3v) is 4.40. The highest BCUT2D eigenvalue weighted by molar-refractivity contribution is 7.98. The smallest absolute Gasteiger partial charge is 0.251 e. The van der Waals surface area contributed by atoms with Gasteiger partial charge in [-0.1, -0.05) is 6.07 Å². The van der Waals surface area contributed by atoms with Crippen LogP contribution < -0.4 is 16.0 Å². The quantitative estimate of drug-likeness (QED) is 0.408. The largest absolute Gasteiger partial charge is 0.368 e. The minimum Gasteiger partial charge on any atom is -0.368 e. The topological polar surface area (TPSA) is 91.8 Å². The predicted molar refractivity (Wildman–Crippen MR) is 109 cm³/mol. The Morgan fingerprint density at radius 2 is 1.78 bits per heavy atom. The maximum atomic E-state index is 12.1. The molecule has 7 nitrogen and oxygen atoms in total. The summed E-state index contributed by atoms with van der Waals surface area (Å²) in [7, 11) is 0. The van der Waals surface area contributed by atoms with E-state index >= 15 is 0 Å². The molecule has 1 aromatic carbocycles. The SMILES string of the molecule is CSc1ccc(C(=O)NCCNc2cc(Nc3ccccn3)ncn2)cc1. The van der Waals surface area contributed by atoms with Crippen LogP contribution in [0, 0.1) is 0 Å². The van der Waals surface area contributed by atoms with Crippen molar-refractivity contribution in [3.05, 3.63) is 66.6 Å². The highest BCUT2D eigenvalue weighted by atomic mass is 32.2. The summed E-state index contributed by atoms with van der Waals surface area (Å²) in [6.45, 7) is 1.03. The summed E-state index contributed by atoms with van der Waals surface area (Å²) in [6, 6.07) is 14.9. The van der Waals surface area contributed by atoms with Crippen molar-refractivity contribution in [3.63, 3.8) is 0 Å². The zero-order valence-corrected chi connectivity index (χ0v) is 15.7. The standard InChI is InChI=1S/C19H20N6OS/c1-27-15-7-5-14(6-8-15)19(26)22-11-10-21-17-12-18(24-13-23-17)25-16-4-2-3-9-20-16/h2-9,12-13H,10-11H2,1H3,(H,22,26)(H2,20,21,23,24,25). The van der Waals surface area contributed by atoms with Crippen LogP contribution in [0.1, 0.15) is 10.4 Å². The van der Waals surface area contributed by atoms with Gasteiger partial charge in [0.2, 0.25) is 0 Å². The van der Waals surface area contributed by atoms with Gasteiger partial charge in [0.1, 0.15) is 23.8 Å². The average Bonchev–Trinajstić information content (AvgIpc) is 2.72. The van der Waals surface area contributed by atoms with Gasteiger partial charge in [0.25, 0.3) is 5.91 Å². The molecule has 0 spiro atoms. The van der Waals surface area contributed by atoms with Gasteiger partial charge in [-0.05, 0) is 42.7 Å². The second-order valence-electron chi connectivity index (χ2n) is 5.54. The number of pyridine rings is 1. The fourth-order valence-corrected chi connectivity index (χ4v) is 2.71. The fraction of sp³-hybridized carbons (Fsp3) is 0.158. The van der Waals surface area contributed by atoms with Gasteiger partial charge < -0.3 is 16.0 Å². The highest BCUT2D eigenvalue weighted by Gasteiger charge is 2.05. The average molecular weight is 380 g/mol. The number of nitrogens with one attached hydrogen (secondary N) is 3. The Bertz CT molecular complexity index is 873. The third-order valence-electron chi connectivity index (χ3n) is 3.66. The molecule has 8 heteroatoms. The molecule has 0 aliphatic rings. The van der Waals surface area contributed by atoms with E-state index in [1.165, 1.54) is 6.33 Å². The Balaban J connectivity index is 1.46. The minimum atomic E-state index is -0.0929. The molecule has 0 fully saturated rings. The zero-order valence-electron chi connectivity index (χ0n) is 14.8. The van der Waals surface area contributed by atoms with Crippen LogP contribution in [0.2, 0.25) is 0 Å². The van der Waals surface area contributed by atoms with Gasteiger partial charge in [-0.2, -0.15) is 0 Å². The number of benzene rings is 1. The predicted octanol–water partition coefficient (Wildman–Crippen LogP) is 3.18. The molecule has 0 unspecified atom stereocenters. The van der Waals surface area contributed by atoms with Gasteiger partial charge in [-0.25, -0.2) is 15.0 Å². The molecule has 138 valence electrons. The molecule has 0 atom stereocenters. The van der Waals surface area contributed by atoms with Crippen molar-refractivity contribution >= 4 is 35.1 Å². The van der Waals surface area contributed by atoms with E-state index in [9.17, 15) is 4.79 Å². The van der Waals surface area contributed by atoms with Crippen LogP contribution >= 0.6 is 11.8 Å². The van der Waals surface area contributed by atoms with Crippen LogP contribution in [0.25, 0.3) is 0 Å². The van der Waals surface area contributed by atoms with Gasteiger partial charge in [0, 0.05) is 35.8 Å². The first-order valence-electron chi connectivity index (χ1n) is 8.41. The maximum Gasteiger partial charge on any atom is 0.251 e.